The highest BCUT2D eigenvalue weighted by atomic mass is 16.2. The number of nitrogens with two attached hydrogens (primary N) is 1. The fourth-order valence-electron chi connectivity index (χ4n) is 1.04. The van der Waals surface area contributed by atoms with Gasteiger partial charge in [-0.25, -0.2) is 4.79 Å². The van der Waals surface area contributed by atoms with Crippen LogP contribution in [0.3, 0.4) is 0 Å². The third kappa shape index (κ3) is 2.27. The second-order valence-corrected chi connectivity index (χ2v) is 4.04. The highest BCUT2D eigenvalue weighted by Gasteiger charge is 2.27. The molecular weight excluding hydrogens is 196 g/mol. The van der Waals surface area contributed by atoms with E-state index in [-0.39, 0.29) is 11.6 Å². The Morgan fingerprint density at radius 1 is 1.60 bits per heavy atom. The first-order valence-corrected chi connectivity index (χ1v) is 4.64. The van der Waals surface area contributed by atoms with Gasteiger partial charge in [0.05, 0.1) is 0 Å². The molecule has 15 heavy (non-hydrogen) atoms. The van der Waals surface area contributed by atoms with Crippen LogP contribution in [0, 0.1) is 0 Å². The van der Waals surface area contributed by atoms with Crippen molar-refractivity contribution in [1.82, 2.24) is 14.9 Å². The van der Waals surface area contributed by atoms with E-state index in [9.17, 15) is 9.59 Å². The van der Waals surface area contributed by atoms with E-state index in [1.807, 2.05) is 13.8 Å². The lowest BCUT2D eigenvalue weighted by molar-refractivity contribution is 0.0634. The van der Waals surface area contributed by atoms with Crippen molar-refractivity contribution in [2.24, 2.45) is 5.73 Å². The number of aromatic amines is 2. The maximum absolute atomic E-state index is 11.8. The van der Waals surface area contributed by atoms with Crippen molar-refractivity contribution in [3.05, 3.63) is 22.4 Å². The molecule has 0 aliphatic heterocycles. The number of carbonyl (C=O) groups excluding carboxylic acids is 1. The van der Waals surface area contributed by atoms with E-state index in [2.05, 4.69) is 9.97 Å². The Bertz CT molecular complexity index is 404. The third-order valence-corrected chi connectivity index (χ3v) is 2.54. The molecule has 1 aromatic rings. The van der Waals surface area contributed by atoms with Crippen LogP contribution in [-0.2, 0) is 0 Å². The number of nitrogens with one attached hydrogen (secondary N) is 2. The predicted octanol–water partition coefficient (Wildman–Crippen LogP) is -0.488. The maximum atomic E-state index is 11.8. The lowest BCUT2D eigenvalue weighted by atomic mass is 10.0. The van der Waals surface area contributed by atoms with Crippen LogP contribution in [0.25, 0.3) is 0 Å². The first-order chi connectivity index (χ1) is 6.88. The van der Waals surface area contributed by atoms with Crippen molar-refractivity contribution in [2.45, 2.75) is 19.4 Å². The van der Waals surface area contributed by atoms with Crippen LogP contribution in [0.1, 0.15) is 24.3 Å². The largest absolute Gasteiger partial charge is 0.334 e. The Morgan fingerprint density at radius 2 is 2.20 bits per heavy atom. The van der Waals surface area contributed by atoms with Crippen LogP contribution in [0.5, 0.6) is 0 Å². The second-order valence-electron chi connectivity index (χ2n) is 4.04. The SMILES string of the molecule is CN(C(=O)c1c[nH]c(=O)[nH]1)C(C)(C)CN. The number of hydrogen-bond donors (Lipinski definition) is 3. The molecule has 1 aromatic heterocycles. The summed E-state index contributed by atoms with van der Waals surface area (Å²) in [6.45, 7) is 4.06. The molecule has 0 saturated carbocycles. The molecule has 6 nitrogen and oxygen atoms in total. The van der Waals surface area contributed by atoms with Gasteiger partial charge in [-0.3, -0.25) is 4.79 Å². The van der Waals surface area contributed by atoms with E-state index in [4.69, 9.17) is 5.73 Å². The number of likely N-dealkylation sites (N-methyl/N-ethyl adjacent to an activating group) is 1. The van der Waals surface area contributed by atoms with Gasteiger partial charge in [-0.1, -0.05) is 0 Å². The van der Waals surface area contributed by atoms with Crippen molar-refractivity contribution in [1.29, 1.82) is 0 Å². The van der Waals surface area contributed by atoms with Crippen LogP contribution in [0.15, 0.2) is 11.0 Å². The molecular formula is C9H16N4O2. The smallest absolute Gasteiger partial charge is 0.323 e. The third-order valence-electron chi connectivity index (χ3n) is 2.54. The topological polar surface area (TPSA) is 95.0 Å². The number of aromatic nitrogens is 2. The quantitative estimate of drug-likeness (QED) is 0.631. The molecule has 6 heteroatoms. The molecule has 1 amide bonds. The number of imidazole rings is 1. The van der Waals surface area contributed by atoms with E-state index in [0.29, 0.717) is 6.54 Å². The highest BCUT2D eigenvalue weighted by Crippen LogP contribution is 2.12. The number of nitrogens with zero attached hydrogens (tertiary/aromatic N) is 1. The zero-order chi connectivity index (χ0) is 11.6. The van der Waals surface area contributed by atoms with E-state index >= 15 is 0 Å². The first kappa shape index (κ1) is 11.5. The van der Waals surface area contributed by atoms with Gasteiger partial charge in [0.2, 0.25) is 0 Å². The Balaban J connectivity index is 2.91. The minimum absolute atomic E-state index is 0.240. The van der Waals surface area contributed by atoms with Crippen LogP contribution in [-0.4, -0.2) is 39.9 Å². The maximum Gasteiger partial charge on any atom is 0.323 e. The van der Waals surface area contributed by atoms with E-state index in [1.54, 1.807) is 7.05 Å². The number of H-pyrrole nitrogens is 2. The number of hydrogen-bond acceptors (Lipinski definition) is 3. The van der Waals surface area contributed by atoms with Crippen LogP contribution in [0.2, 0.25) is 0 Å². The molecule has 1 heterocycles. The average Bonchev–Trinajstić information content (AvgIpc) is 2.62. The Hall–Kier alpha value is -1.56. The van der Waals surface area contributed by atoms with Crippen molar-refractivity contribution < 1.29 is 4.79 Å². The Labute approximate surface area is 87.5 Å². The van der Waals surface area contributed by atoms with Crippen LogP contribution < -0.4 is 11.4 Å². The second kappa shape index (κ2) is 3.90. The van der Waals surface area contributed by atoms with Gasteiger partial charge in [-0.2, -0.15) is 0 Å². The van der Waals surface area contributed by atoms with Gasteiger partial charge >= 0.3 is 5.69 Å². The number of amides is 1. The van der Waals surface area contributed by atoms with Crippen LogP contribution in [0.4, 0.5) is 0 Å². The summed E-state index contributed by atoms with van der Waals surface area (Å²) in [5.41, 5.74) is 4.96. The first-order valence-electron chi connectivity index (χ1n) is 4.64. The molecule has 0 aromatic carbocycles. The fourth-order valence-corrected chi connectivity index (χ4v) is 1.04. The summed E-state index contributed by atoms with van der Waals surface area (Å²) in [5.74, 6) is -0.260. The summed E-state index contributed by atoms with van der Waals surface area (Å²) in [6.07, 6.45) is 1.35. The van der Waals surface area contributed by atoms with Gasteiger partial charge in [-0.15, -0.1) is 0 Å². The summed E-state index contributed by atoms with van der Waals surface area (Å²) in [4.78, 5) is 29.0. The molecule has 0 bridgehead atoms. The minimum atomic E-state index is -0.439. The van der Waals surface area contributed by atoms with Gasteiger partial charge in [-0.05, 0) is 13.8 Å². The van der Waals surface area contributed by atoms with E-state index < -0.39 is 11.2 Å². The molecule has 0 saturated heterocycles. The predicted molar refractivity (Wildman–Crippen MR) is 56.6 cm³/mol. The van der Waals surface area contributed by atoms with Gasteiger partial charge in [0.15, 0.2) is 0 Å². The number of rotatable bonds is 3. The van der Waals surface area contributed by atoms with Crippen molar-refractivity contribution in [2.75, 3.05) is 13.6 Å². The molecule has 84 valence electrons. The van der Waals surface area contributed by atoms with Crippen molar-refractivity contribution in [3.63, 3.8) is 0 Å². The molecule has 0 aliphatic carbocycles. The zero-order valence-electron chi connectivity index (χ0n) is 9.13. The molecule has 4 N–H and O–H groups in total. The highest BCUT2D eigenvalue weighted by molar-refractivity contribution is 5.92. The van der Waals surface area contributed by atoms with Crippen molar-refractivity contribution >= 4 is 5.91 Å². The average molecular weight is 212 g/mol. The fraction of sp³-hybridized carbons (Fsp3) is 0.556. The molecule has 0 radical (unpaired) electrons. The lowest BCUT2D eigenvalue weighted by Crippen LogP contribution is -2.50. The van der Waals surface area contributed by atoms with Gasteiger partial charge in [0.1, 0.15) is 5.69 Å². The molecule has 0 spiro atoms. The van der Waals surface area contributed by atoms with Crippen molar-refractivity contribution in [3.8, 4) is 0 Å². The number of carbonyl (C=O) groups is 1. The van der Waals surface area contributed by atoms with E-state index in [1.165, 1.54) is 11.1 Å². The summed E-state index contributed by atoms with van der Waals surface area (Å²) in [7, 11) is 1.65. The summed E-state index contributed by atoms with van der Waals surface area (Å²) >= 11 is 0. The van der Waals surface area contributed by atoms with Gasteiger partial charge in [0, 0.05) is 25.3 Å². The van der Waals surface area contributed by atoms with Gasteiger partial charge < -0.3 is 20.6 Å². The van der Waals surface area contributed by atoms with E-state index in [0.717, 1.165) is 0 Å². The zero-order valence-corrected chi connectivity index (χ0v) is 9.13. The molecule has 0 aliphatic rings. The molecule has 0 unspecified atom stereocenters. The summed E-state index contributed by atoms with van der Waals surface area (Å²) < 4.78 is 0. The minimum Gasteiger partial charge on any atom is -0.334 e. The normalized spacial score (nSPS) is 11.5. The molecule has 1 rings (SSSR count). The van der Waals surface area contributed by atoms with Gasteiger partial charge in [0.25, 0.3) is 5.91 Å². The standard InChI is InChI=1S/C9H16N4O2/c1-9(2,5-10)13(3)7(14)6-4-11-8(15)12-6/h4H,5,10H2,1-3H3,(H2,11,12,15). The summed E-state index contributed by atoms with van der Waals surface area (Å²) in [6, 6.07) is 0. The molecule has 0 atom stereocenters. The molecule has 0 fully saturated rings. The Morgan fingerprint density at radius 3 is 2.60 bits per heavy atom. The summed E-state index contributed by atoms with van der Waals surface area (Å²) in [5, 5.41) is 0. The monoisotopic (exact) mass is 212 g/mol. The Kier molecular flexibility index (Phi) is 2.99. The lowest BCUT2D eigenvalue weighted by Gasteiger charge is -2.34. The van der Waals surface area contributed by atoms with Crippen LogP contribution >= 0.6 is 0 Å².